The van der Waals surface area contributed by atoms with E-state index in [4.69, 9.17) is 16.3 Å². The van der Waals surface area contributed by atoms with E-state index in [1.807, 2.05) is 0 Å². The van der Waals surface area contributed by atoms with Crippen LogP contribution in [0.2, 0.25) is 5.02 Å². The molecule has 6 nitrogen and oxygen atoms in total. The van der Waals surface area contributed by atoms with Crippen LogP contribution in [0.5, 0.6) is 5.75 Å². The molecule has 3 aromatic rings. The van der Waals surface area contributed by atoms with Gasteiger partial charge in [0.15, 0.2) is 17.8 Å². The average Bonchev–Trinajstić information content (AvgIpc) is 3.07. The Bertz CT molecular complexity index is 1030. The summed E-state index contributed by atoms with van der Waals surface area (Å²) in [6.45, 7) is -1.60. The van der Waals surface area contributed by atoms with Crippen molar-refractivity contribution in [2.24, 2.45) is 0 Å². The number of alkyl carbamates (subject to hydrolysis) is 1. The number of thiazole rings is 1. The second kappa shape index (κ2) is 9.29. The number of aromatic nitrogens is 1. The van der Waals surface area contributed by atoms with Gasteiger partial charge >= 0.3 is 6.09 Å². The number of hydrogen-bond acceptors (Lipinski definition) is 6. The number of carbonyl (C=O) groups excluding carboxylic acids is 1. The lowest BCUT2D eigenvalue weighted by molar-refractivity contribution is 0.0909. The van der Waals surface area contributed by atoms with E-state index in [0.717, 1.165) is 16.8 Å². The van der Waals surface area contributed by atoms with Gasteiger partial charge in [-0.25, -0.2) is 22.9 Å². The number of carbonyl (C=O) groups is 1. The van der Waals surface area contributed by atoms with Crippen molar-refractivity contribution in [2.75, 3.05) is 13.3 Å². The SMILES string of the molecule is O=C(NC(O)c1c(F)ccc(OCc2nc3cc(Cl)ccc3s2)c1F)OCCF. The zero-order chi connectivity index (χ0) is 21.0. The maximum Gasteiger partial charge on any atom is 0.409 e. The van der Waals surface area contributed by atoms with Gasteiger partial charge in [0.1, 0.15) is 30.7 Å². The maximum absolute atomic E-state index is 14.6. The van der Waals surface area contributed by atoms with Crippen LogP contribution in [-0.2, 0) is 11.3 Å². The van der Waals surface area contributed by atoms with Crippen LogP contribution in [-0.4, -0.2) is 29.5 Å². The third kappa shape index (κ3) is 5.08. The predicted octanol–water partition coefficient (Wildman–Crippen LogP) is 4.49. The predicted molar refractivity (Wildman–Crippen MR) is 101 cm³/mol. The summed E-state index contributed by atoms with van der Waals surface area (Å²) in [6, 6.07) is 7.11. The second-order valence-electron chi connectivity index (χ2n) is 5.65. The Kier molecular flexibility index (Phi) is 6.78. The molecule has 1 unspecified atom stereocenters. The summed E-state index contributed by atoms with van der Waals surface area (Å²) in [5, 5.41) is 12.8. The zero-order valence-electron chi connectivity index (χ0n) is 14.6. The standard InChI is InChI=1S/C18H14ClF3N2O4S/c19-9-1-4-13-11(7-9)23-14(29-13)8-28-12-3-2-10(21)15(16(12)22)17(25)24-18(26)27-6-5-20/h1-4,7,17,25H,5-6,8H2,(H,24,26). The van der Waals surface area contributed by atoms with Gasteiger partial charge in [0, 0.05) is 5.02 Å². The van der Waals surface area contributed by atoms with Crippen molar-refractivity contribution in [3.8, 4) is 5.75 Å². The molecule has 11 heteroatoms. The highest BCUT2D eigenvalue weighted by molar-refractivity contribution is 7.18. The molecule has 29 heavy (non-hydrogen) atoms. The van der Waals surface area contributed by atoms with Crippen molar-refractivity contribution in [3.05, 3.63) is 57.6 Å². The molecule has 0 saturated carbocycles. The van der Waals surface area contributed by atoms with Crippen molar-refractivity contribution in [3.63, 3.8) is 0 Å². The Hall–Kier alpha value is -2.56. The lowest BCUT2D eigenvalue weighted by Crippen LogP contribution is -2.30. The molecule has 1 amide bonds. The highest BCUT2D eigenvalue weighted by Crippen LogP contribution is 2.29. The van der Waals surface area contributed by atoms with Crippen LogP contribution in [0, 0.1) is 11.6 Å². The molecule has 0 aliphatic heterocycles. The number of nitrogens with zero attached hydrogens (tertiary/aromatic N) is 1. The molecule has 0 spiro atoms. The van der Waals surface area contributed by atoms with E-state index in [-0.39, 0.29) is 12.4 Å². The highest BCUT2D eigenvalue weighted by Gasteiger charge is 2.24. The Morgan fingerprint density at radius 2 is 2.10 bits per heavy atom. The van der Waals surface area contributed by atoms with Gasteiger partial charge in [0.2, 0.25) is 0 Å². The molecule has 0 fully saturated rings. The van der Waals surface area contributed by atoms with E-state index < -0.39 is 42.8 Å². The number of aliphatic hydroxyl groups excluding tert-OH is 1. The van der Waals surface area contributed by atoms with Crippen LogP contribution in [0.25, 0.3) is 10.2 Å². The first-order valence-electron chi connectivity index (χ1n) is 8.22. The Labute approximate surface area is 171 Å². The number of hydrogen-bond donors (Lipinski definition) is 2. The number of aliphatic hydroxyl groups is 1. The first-order valence-corrected chi connectivity index (χ1v) is 9.41. The van der Waals surface area contributed by atoms with Gasteiger partial charge in [-0.15, -0.1) is 11.3 Å². The summed E-state index contributed by atoms with van der Waals surface area (Å²) in [4.78, 5) is 15.7. The fourth-order valence-electron chi connectivity index (χ4n) is 2.42. The van der Waals surface area contributed by atoms with Crippen molar-refractivity contribution < 1.29 is 32.5 Å². The van der Waals surface area contributed by atoms with Crippen molar-refractivity contribution in [1.29, 1.82) is 0 Å². The number of fused-ring (bicyclic) bond motifs is 1. The van der Waals surface area contributed by atoms with Crippen molar-refractivity contribution >= 4 is 39.2 Å². The summed E-state index contributed by atoms with van der Waals surface area (Å²) in [5.41, 5.74) is -0.177. The van der Waals surface area contributed by atoms with Crippen molar-refractivity contribution in [2.45, 2.75) is 12.8 Å². The quantitative estimate of drug-likeness (QED) is 0.522. The van der Waals surface area contributed by atoms with E-state index in [2.05, 4.69) is 9.72 Å². The Morgan fingerprint density at radius 1 is 1.31 bits per heavy atom. The first-order chi connectivity index (χ1) is 13.9. The van der Waals surface area contributed by atoms with Crippen LogP contribution in [0.3, 0.4) is 0 Å². The minimum atomic E-state index is -2.06. The van der Waals surface area contributed by atoms with Gasteiger partial charge in [-0.1, -0.05) is 11.6 Å². The number of alkyl halides is 1. The van der Waals surface area contributed by atoms with Crippen LogP contribution >= 0.6 is 22.9 Å². The molecular formula is C18H14ClF3N2O4S. The minimum absolute atomic E-state index is 0.110. The van der Waals surface area contributed by atoms with Crippen LogP contribution in [0.15, 0.2) is 30.3 Å². The number of ether oxygens (including phenoxy) is 2. The smallest absolute Gasteiger partial charge is 0.409 e. The van der Waals surface area contributed by atoms with Crippen LogP contribution < -0.4 is 10.1 Å². The van der Waals surface area contributed by atoms with Crippen LogP contribution in [0.1, 0.15) is 16.8 Å². The van der Waals surface area contributed by atoms with Gasteiger partial charge in [-0.2, -0.15) is 0 Å². The Balaban J connectivity index is 1.74. The summed E-state index contributed by atoms with van der Waals surface area (Å²) < 4.78 is 51.2. The summed E-state index contributed by atoms with van der Waals surface area (Å²) in [6.07, 6.45) is -3.29. The fraction of sp³-hybridized carbons (Fsp3) is 0.222. The van der Waals surface area contributed by atoms with E-state index in [0.29, 0.717) is 15.5 Å². The number of rotatable bonds is 7. The molecule has 0 bridgehead atoms. The molecule has 154 valence electrons. The molecule has 1 heterocycles. The monoisotopic (exact) mass is 446 g/mol. The molecule has 2 N–H and O–H groups in total. The van der Waals surface area contributed by atoms with Gasteiger partial charge in [-0.3, -0.25) is 5.32 Å². The first kappa shape index (κ1) is 21.2. The second-order valence-corrected chi connectivity index (χ2v) is 7.20. The molecule has 2 aromatic carbocycles. The Morgan fingerprint density at radius 3 is 2.86 bits per heavy atom. The largest absolute Gasteiger partial charge is 0.483 e. The summed E-state index contributed by atoms with van der Waals surface area (Å²) in [5.74, 6) is -2.66. The van der Waals surface area contributed by atoms with Gasteiger partial charge < -0.3 is 14.6 Å². The number of benzene rings is 2. The van der Waals surface area contributed by atoms with Gasteiger partial charge in [0.25, 0.3) is 0 Å². The van der Waals surface area contributed by atoms with Gasteiger partial charge in [-0.05, 0) is 30.3 Å². The molecule has 0 aliphatic carbocycles. The van der Waals surface area contributed by atoms with Crippen molar-refractivity contribution in [1.82, 2.24) is 10.3 Å². The average molecular weight is 447 g/mol. The van der Waals surface area contributed by atoms with Gasteiger partial charge in [0.05, 0.1) is 15.8 Å². The third-order valence-electron chi connectivity index (χ3n) is 3.67. The molecule has 0 aliphatic rings. The summed E-state index contributed by atoms with van der Waals surface area (Å²) in [7, 11) is 0. The van der Waals surface area contributed by atoms with Crippen LogP contribution in [0.4, 0.5) is 18.0 Å². The summed E-state index contributed by atoms with van der Waals surface area (Å²) >= 11 is 7.23. The molecule has 3 rings (SSSR count). The molecule has 0 saturated heterocycles. The maximum atomic E-state index is 14.6. The van der Waals surface area contributed by atoms with E-state index in [1.165, 1.54) is 11.3 Å². The number of halogens is 4. The molecule has 1 atom stereocenters. The number of amides is 1. The molecule has 0 radical (unpaired) electrons. The number of nitrogens with one attached hydrogen (secondary N) is 1. The highest BCUT2D eigenvalue weighted by atomic mass is 35.5. The molecule has 1 aromatic heterocycles. The normalized spacial score (nSPS) is 12.0. The van der Waals surface area contributed by atoms with E-state index in [9.17, 15) is 23.1 Å². The van der Waals surface area contributed by atoms with E-state index in [1.54, 1.807) is 23.5 Å². The minimum Gasteiger partial charge on any atom is -0.483 e. The zero-order valence-corrected chi connectivity index (χ0v) is 16.2. The fourth-order valence-corrected chi connectivity index (χ4v) is 3.45. The van der Waals surface area contributed by atoms with E-state index >= 15 is 0 Å². The topological polar surface area (TPSA) is 80.7 Å². The third-order valence-corrected chi connectivity index (χ3v) is 4.92. The lowest BCUT2D eigenvalue weighted by Gasteiger charge is -2.16. The molecular weight excluding hydrogens is 433 g/mol. The lowest BCUT2D eigenvalue weighted by atomic mass is 10.1.